The molecule has 0 bridgehead atoms. The van der Waals surface area contributed by atoms with Gasteiger partial charge in [0.15, 0.2) is 0 Å². The van der Waals surface area contributed by atoms with Gasteiger partial charge in [0, 0.05) is 18.7 Å². The van der Waals surface area contributed by atoms with Crippen LogP contribution in [0.3, 0.4) is 0 Å². The lowest BCUT2D eigenvalue weighted by Gasteiger charge is -2.22. The van der Waals surface area contributed by atoms with E-state index in [1.54, 1.807) is 12.1 Å². The molecule has 6 heteroatoms. The number of aliphatic hydroxyl groups is 1. The molecule has 0 aromatic heterocycles. The number of carbonyl (C=O) groups is 2. The molecule has 1 rings (SSSR count). The van der Waals surface area contributed by atoms with Crippen LogP contribution in [0.15, 0.2) is 24.3 Å². The lowest BCUT2D eigenvalue weighted by Crippen LogP contribution is -2.36. The molecular weight excluding hydrogens is 274 g/mol. The number of aliphatic hydroxyl groups excluding tert-OH is 1. The molecule has 21 heavy (non-hydrogen) atoms. The highest BCUT2D eigenvalue weighted by Gasteiger charge is 2.18. The van der Waals surface area contributed by atoms with Gasteiger partial charge in [-0.2, -0.15) is 0 Å². The van der Waals surface area contributed by atoms with E-state index in [0.29, 0.717) is 12.1 Å². The van der Waals surface area contributed by atoms with E-state index >= 15 is 0 Å². The minimum Gasteiger partial charge on any atom is -0.481 e. The van der Waals surface area contributed by atoms with Crippen LogP contribution in [0.25, 0.3) is 0 Å². The molecule has 0 fully saturated rings. The minimum atomic E-state index is -0.950. The number of benzene rings is 1. The maximum absolute atomic E-state index is 12.5. The standard InChI is InChI=1S/C15H21NO5/c1-12-4-2-3-5-13(12)15(20)16(7-6-14(18)19)8-10-21-11-9-17/h2-5,17H,6-11H2,1H3,(H,18,19). The predicted molar refractivity (Wildman–Crippen MR) is 77.2 cm³/mol. The molecule has 0 aliphatic rings. The lowest BCUT2D eigenvalue weighted by molar-refractivity contribution is -0.137. The number of carbonyl (C=O) groups excluding carboxylic acids is 1. The van der Waals surface area contributed by atoms with Crippen molar-refractivity contribution in [1.29, 1.82) is 0 Å². The molecule has 0 heterocycles. The largest absolute Gasteiger partial charge is 0.481 e. The van der Waals surface area contributed by atoms with Crippen LogP contribution in [0.5, 0.6) is 0 Å². The number of nitrogens with zero attached hydrogens (tertiary/aromatic N) is 1. The highest BCUT2D eigenvalue weighted by atomic mass is 16.5. The number of aryl methyl sites for hydroxylation is 1. The second kappa shape index (κ2) is 9.10. The Morgan fingerprint density at radius 1 is 1.19 bits per heavy atom. The van der Waals surface area contributed by atoms with Crippen molar-refractivity contribution in [2.75, 3.05) is 32.9 Å². The van der Waals surface area contributed by atoms with E-state index in [9.17, 15) is 9.59 Å². The van der Waals surface area contributed by atoms with Gasteiger partial charge in [0.25, 0.3) is 5.91 Å². The van der Waals surface area contributed by atoms with Gasteiger partial charge in [-0.15, -0.1) is 0 Å². The highest BCUT2D eigenvalue weighted by Crippen LogP contribution is 2.11. The van der Waals surface area contributed by atoms with Gasteiger partial charge in [-0.1, -0.05) is 18.2 Å². The first kappa shape index (κ1) is 17.1. The molecule has 0 aliphatic heterocycles. The molecule has 116 valence electrons. The molecule has 0 unspecified atom stereocenters. The summed E-state index contributed by atoms with van der Waals surface area (Å²) in [6.45, 7) is 2.64. The fourth-order valence-electron chi connectivity index (χ4n) is 1.87. The van der Waals surface area contributed by atoms with E-state index in [2.05, 4.69) is 0 Å². The van der Waals surface area contributed by atoms with Crippen molar-refractivity contribution in [3.8, 4) is 0 Å². The average molecular weight is 295 g/mol. The monoisotopic (exact) mass is 295 g/mol. The maximum Gasteiger partial charge on any atom is 0.305 e. The van der Waals surface area contributed by atoms with Crippen LogP contribution in [0, 0.1) is 6.92 Å². The number of hydrogen-bond acceptors (Lipinski definition) is 4. The van der Waals surface area contributed by atoms with Crippen LogP contribution in [-0.4, -0.2) is 59.9 Å². The van der Waals surface area contributed by atoms with Gasteiger partial charge in [0.05, 0.1) is 26.2 Å². The van der Waals surface area contributed by atoms with E-state index in [4.69, 9.17) is 14.9 Å². The first-order valence-electron chi connectivity index (χ1n) is 6.81. The fraction of sp³-hybridized carbons (Fsp3) is 0.467. The second-order valence-corrected chi connectivity index (χ2v) is 4.59. The number of aliphatic carboxylic acids is 1. The molecule has 6 nitrogen and oxygen atoms in total. The van der Waals surface area contributed by atoms with Gasteiger partial charge < -0.3 is 19.8 Å². The van der Waals surface area contributed by atoms with E-state index < -0.39 is 5.97 Å². The number of carboxylic acid groups (broad SMARTS) is 1. The van der Waals surface area contributed by atoms with E-state index in [0.717, 1.165) is 5.56 Å². The maximum atomic E-state index is 12.5. The quantitative estimate of drug-likeness (QED) is 0.662. The SMILES string of the molecule is Cc1ccccc1C(=O)N(CCOCCO)CCC(=O)O. The molecule has 0 aliphatic carbocycles. The number of rotatable bonds is 9. The van der Waals surface area contributed by atoms with E-state index in [1.807, 2.05) is 19.1 Å². The third-order valence-electron chi connectivity index (χ3n) is 3.00. The van der Waals surface area contributed by atoms with Crippen LogP contribution in [0.4, 0.5) is 0 Å². The zero-order chi connectivity index (χ0) is 15.7. The molecule has 1 aromatic carbocycles. The van der Waals surface area contributed by atoms with Gasteiger partial charge in [-0.05, 0) is 18.6 Å². The normalized spacial score (nSPS) is 10.4. The smallest absolute Gasteiger partial charge is 0.305 e. The van der Waals surface area contributed by atoms with E-state index in [-0.39, 0.29) is 38.7 Å². The minimum absolute atomic E-state index is 0.0825. The third-order valence-corrected chi connectivity index (χ3v) is 3.00. The molecular formula is C15H21NO5. The van der Waals surface area contributed by atoms with Crippen molar-refractivity contribution in [2.45, 2.75) is 13.3 Å². The summed E-state index contributed by atoms with van der Waals surface area (Å²) >= 11 is 0. The Bertz CT molecular complexity index is 475. The summed E-state index contributed by atoms with van der Waals surface area (Å²) in [5.41, 5.74) is 1.41. The van der Waals surface area contributed by atoms with Crippen molar-refractivity contribution in [3.05, 3.63) is 35.4 Å². The molecule has 1 aromatic rings. The van der Waals surface area contributed by atoms with Crippen LogP contribution in [0.1, 0.15) is 22.3 Å². The Balaban J connectivity index is 2.71. The summed E-state index contributed by atoms with van der Waals surface area (Å²) in [5.74, 6) is -1.16. The number of hydrogen-bond donors (Lipinski definition) is 2. The molecule has 1 amide bonds. The van der Waals surface area contributed by atoms with E-state index in [1.165, 1.54) is 4.90 Å². The van der Waals surface area contributed by atoms with Crippen LogP contribution in [-0.2, 0) is 9.53 Å². The van der Waals surface area contributed by atoms with Crippen molar-refractivity contribution in [2.24, 2.45) is 0 Å². The Kier molecular flexibility index (Phi) is 7.42. The summed E-state index contributed by atoms with van der Waals surface area (Å²) in [4.78, 5) is 24.6. The van der Waals surface area contributed by atoms with Gasteiger partial charge in [-0.25, -0.2) is 0 Å². The Hall–Kier alpha value is -1.92. The summed E-state index contributed by atoms with van der Waals surface area (Å²) in [7, 11) is 0. The number of carboxylic acids is 1. The summed E-state index contributed by atoms with van der Waals surface area (Å²) in [5, 5.41) is 17.4. The zero-order valence-corrected chi connectivity index (χ0v) is 12.1. The summed E-state index contributed by atoms with van der Waals surface area (Å²) < 4.78 is 5.15. The topological polar surface area (TPSA) is 87.1 Å². The predicted octanol–water partition coefficient (Wildman–Crippen LogP) is 0.921. The summed E-state index contributed by atoms with van der Waals surface area (Å²) in [6, 6.07) is 7.18. The molecule has 0 atom stereocenters. The van der Waals surface area contributed by atoms with Gasteiger partial charge >= 0.3 is 5.97 Å². The van der Waals surface area contributed by atoms with Crippen molar-refractivity contribution >= 4 is 11.9 Å². The molecule has 0 radical (unpaired) electrons. The van der Waals surface area contributed by atoms with Crippen molar-refractivity contribution in [3.63, 3.8) is 0 Å². The van der Waals surface area contributed by atoms with Gasteiger partial charge in [0.1, 0.15) is 0 Å². The Morgan fingerprint density at radius 3 is 2.52 bits per heavy atom. The van der Waals surface area contributed by atoms with Crippen LogP contribution < -0.4 is 0 Å². The Labute approximate surface area is 124 Å². The van der Waals surface area contributed by atoms with Crippen molar-refractivity contribution < 1.29 is 24.5 Å². The molecule has 0 spiro atoms. The highest BCUT2D eigenvalue weighted by molar-refractivity contribution is 5.95. The zero-order valence-electron chi connectivity index (χ0n) is 12.1. The fourth-order valence-corrected chi connectivity index (χ4v) is 1.87. The third kappa shape index (κ3) is 5.93. The first-order valence-corrected chi connectivity index (χ1v) is 6.81. The molecule has 0 saturated heterocycles. The lowest BCUT2D eigenvalue weighted by atomic mass is 10.1. The number of amides is 1. The van der Waals surface area contributed by atoms with Crippen molar-refractivity contribution in [1.82, 2.24) is 4.90 Å². The van der Waals surface area contributed by atoms with Gasteiger partial charge in [-0.3, -0.25) is 9.59 Å². The molecule has 2 N–H and O–H groups in total. The second-order valence-electron chi connectivity index (χ2n) is 4.59. The Morgan fingerprint density at radius 2 is 1.90 bits per heavy atom. The summed E-state index contributed by atoms with van der Waals surface area (Å²) in [6.07, 6.45) is -0.113. The average Bonchev–Trinajstić information content (AvgIpc) is 2.46. The van der Waals surface area contributed by atoms with Crippen LogP contribution >= 0.6 is 0 Å². The first-order chi connectivity index (χ1) is 10.1. The number of ether oxygens (including phenoxy) is 1. The van der Waals surface area contributed by atoms with Crippen LogP contribution in [0.2, 0.25) is 0 Å². The molecule has 0 saturated carbocycles. The van der Waals surface area contributed by atoms with Gasteiger partial charge in [0.2, 0.25) is 0 Å².